The summed E-state index contributed by atoms with van der Waals surface area (Å²) >= 11 is 0. The fourth-order valence-corrected chi connectivity index (χ4v) is 1.67. The van der Waals surface area contributed by atoms with E-state index in [0.29, 0.717) is 5.92 Å². The Bertz CT molecular complexity index is 184. The second kappa shape index (κ2) is 4.41. The third-order valence-corrected chi connectivity index (χ3v) is 2.61. The Morgan fingerprint density at radius 1 is 1.67 bits per heavy atom. The van der Waals surface area contributed by atoms with Crippen LogP contribution in [-0.2, 0) is 4.79 Å². The van der Waals surface area contributed by atoms with E-state index in [0.717, 1.165) is 19.3 Å². The summed E-state index contributed by atoms with van der Waals surface area (Å²) in [5, 5.41) is 8.65. The summed E-state index contributed by atoms with van der Waals surface area (Å²) in [4.78, 5) is 11.2. The molecule has 1 N–H and O–H groups in total. The first-order valence-corrected chi connectivity index (χ1v) is 4.57. The third-order valence-electron chi connectivity index (χ3n) is 2.61. The lowest BCUT2D eigenvalue weighted by Crippen LogP contribution is -2.22. The molecule has 0 radical (unpaired) electrons. The van der Waals surface area contributed by atoms with Crippen LogP contribution in [0.1, 0.15) is 26.2 Å². The molecule has 2 atom stereocenters. The van der Waals surface area contributed by atoms with Gasteiger partial charge in [-0.05, 0) is 31.3 Å². The number of aliphatic hydroxyl groups is 1. The fraction of sp³-hybridized carbons (Fsp3) is 0.700. The Hall–Kier alpha value is -0.630. The summed E-state index contributed by atoms with van der Waals surface area (Å²) in [5.41, 5.74) is 0. The standard InChI is InChI=1S/C10H16O2/c1-8-9(5-3-7-11)4-2-6-10(8)12/h2,6,8-9,11H,3-5,7H2,1H3/t8?,9-/m1/s1. The van der Waals surface area contributed by atoms with Crippen molar-refractivity contribution in [3.05, 3.63) is 12.2 Å². The van der Waals surface area contributed by atoms with E-state index in [1.807, 2.05) is 13.0 Å². The molecule has 0 saturated carbocycles. The molecule has 68 valence electrons. The van der Waals surface area contributed by atoms with Gasteiger partial charge in [-0.2, -0.15) is 0 Å². The van der Waals surface area contributed by atoms with E-state index in [9.17, 15) is 4.79 Å². The van der Waals surface area contributed by atoms with Crippen LogP contribution in [0.4, 0.5) is 0 Å². The minimum Gasteiger partial charge on any atom is -0.396 e. The SMILES string of the molecule is CC1C(=O)C=CC[C@@H]1CCCO. The molecule has 0 spiro atoms. The number of ketones is 1. The topological polar surface area (TPSA) is 37.3 Å². The average molecular weight is 168 g/mol. The number of allylic oxidation sites excluding steroid dienone is 2. The molecular formula is C10H16O2. The largest absolute Gasteiger partial charge is 0.396 e. The lowest BCUT2D eigenvalue weighted by Gasteiger charge is -2.23. The lowest BCUT2D eigenvalue weighted by atomic mass is 9.81. The molecule has 0 aliphatic heterocycles. The van der Waals surface area contributed by atoms with Crippen molar-refractivity contribution in [3.8, 4) is 0 Å². The van der Waals surface area contributed by atoms with Crippen LogP contribution >= 0.6 is 0 Å². The van der Waals surface area contributed by atoms with Gasteiger partial charge in [0, 0.05) is 12.5 Å². The van der Waals surface area contributed by atoms with Gasteiger partial charge in [0.1, 0.15) is 0 Å². The third kappa shape index (κ3) is 2.18. The normalized spacial score (nSPS) is 29.3. The van der Waals surface area contributed by atoms with E-state index >= 15 is 0 Å². The Kier molecular flexibility index (Phi) is 3.48. The Labute approximate surface area is 73.3 Å². The van der Waals surface area contributed by atoms with Crippen LogP contribution in [0.3, 0.4) is 0 Å². The van der Waals surface area contributed by atoms with Crippen LogP contribution in [0.15, 0.2) is 12.2 Å². The van der Waals surface area contributed by atoms with Gasteiger partial charge in [0.2, 0.25) is 0 Å². The van der Waals surface area contributed by atoms with Crippen molar-refractivity contribution in [1.82, 2.24) is 0 Å². The van der Waals surface area contributed by atoms with Gasteiger partial charge in [-0.3, -0.25) is 4.79 Å². The summed E-state index contributed by atoms with van der Waals surface area (Å²) in [5.74, 6) is 0.848. The van der Waals surface area contributed by atoms with Gasteiger partial charge in [-0.1, -0.05) is 13.0 Å². The van der Waals surface area contributed by atoms with Crippen LogP contribution in [0.2, 0.25) is 0 Å². The molecule has 2 heteroatoms. The zero-order valence-electron chi connectivity index (χ0n) is 7.49. The highest BCUT2D eigenvalue weighted by molar-refractivity contribution is 5.92. The highest BCUT2D eigenvalue weighted by atomic mass is 16.2. The number of hydrogen-bond donors (Lipinski definition) is 1. The first-order chi connectivity index (χ1) is 5.75. The first kappa shape index (κ1) is 9.46. The molecule has 0 aromatic carbocycles. The highest BCUT2D eigenvalue weighted by Gasteiger charge is 2.23. The van der Waals surface area contributed by atoms with Crippen LogP contribution in [0.5, 0.6) is 0 Å². The number of rotatable bonds is 3. The van der Waals surface area contributed by atoms with E-state index in [1.165, 1.54) is 0 Å². The van der Waals surface area contributed by atoms with Crippen LogP contribution in [0, 0.1) is 11.8 Å². The van der Waals surface area contributed by atoms with Gasteiger partial charge in [0.05, 0.1) is 0 Å². The number of hydrogen-bond acceptors (Lipinski definition) is 2. The van der Waals surface area contributed by atoms with Crippen molar-refractivity contribution < 1.29 is 9.90 Å². The molecule has 2 nitrogen and oxygen atoms in total. The average Bonchev–Trinajstić information content (AvgIpc) is 2.08. The Morgan fingerprint density at radius 3 is 3.08 bits per heavy atom. The second-order valence-corrected chi connectivity index (χ2v) is 3.46. The molecular weight excluding hydrogens is 152 g/mol. The molecule has 1 aliphatic carbocycles. The number of aliphatic hydroxyl groups excluding tert-OH is 1. The monoisotopic (exact) mass is 168 g/mol. The van der Waals surface area contributed by atoms with Crippen molar-refractivity contribution in [3.63, 3.8) is 0 Å². The molecule has 0 aromatic rings. The molecule has 0 aromatic heterocycles. The zero-order valence-corrected chi connectivity index (χ0v) is 7.49. The van der Waals surface area contributed by atoms with Crippen molar-refractivity contribution in [2.24, 2.45) is 11.8 Å². The summed E-state index contributed by atoms with van der Waals surface area (Å²) in [6, 6.07) is 0. The number of carbonyl (C=O) groups excluding carboxylic acids is 1. The zero-order chi connectivity index (χ0) is 8.97. The minimum atomic E-state index is 0.154. The van der Waals surface area contributed by atoms with E-state index in [1.54, 1.807) is 6.08 Å². The number of carbonyl (C=O) groups is 1. The summed E-state index contributed by atoms with van der Waals surface area (Å²) in [6.07, 6.45) is 6.40. The molecule has 1 unspecified atom stereocenters. The maximum Gasteiger partial charge on any atom is 0.158 e. The molecule has 0 fully saturated rings. The second-order valence-electron chi connectivity index (χ2n) is 3.46. The first-order valence-electron chi connectivity index (χ1n) is 4.57. The smallest absolute Gasteiger partial charge is 0.158 e. The Morgan fingerprint density at radius 2 is 2.42 bits per heavy atom. The van der Waals surface area contributed by atoms with E-state index in [4.69, 9.17) is 5.11 Å². The van der Waals surface area contributed by atoms with Crippen molar-refractivity contribution in [2.45, 2.75) is 26.2 Å². The predicted octanol–water partition coefficient (Wildman–Crippen LogP) is 1.54. The van der Waals surface area contributed by atoms with Crippen molar-refractivity contribution in [2.75, 3.05) is 6.61 Å². The van der Waals surface area contributed by atoms with Gasteiger partial charge in [-0.15, -0.1) is 0 Å². The maximum absolute atomic E-state index is 11.2. The van der Waals surface area contributed by atoms with Crippen LogP contribution < -0.4 is 0 Å². The molecule has 0 saturated heterocycles. The van der Waals surface area contributed by atoms with Crippen molar-refractivity contribution >= 4 is 5.78 Å². The maximum atomic E-state index is 11.2. The van der Waals surface area contributed by atoms with E-state index < -0.39 is 0 Å². The predicted molar refractivity (Wildman–Crippen MR) is 47.7 cm³/mol. The molecule has 1 aliphatic rings. The molecule has 1 rings (SSSR count). The van der Waals surface area contributed by atoms with Crippen LogP contribution in [0.25, 0.3) is 0 Å². The van der Waals surface area contributed by atoms with Gasteiger partial charge < -0.3 is 5.11 Å². The molecule has 12 heavy (non-hydrogen) atoms. The van der Waals surface area contributed by atoms with Crippen LogP contribution in [-0.4, -0.2) is 17.5 Å². The molecule has 0 bridgehead atoms. The fourth-order valence-electron chi connectivity index (χ4n) is 1.67. The Balaban J connectivity index is 2.44. The minimum absolute atomic E-state index is 0.154. The van der Waals surface area contributed by atoms with E-state index in [-0.39, 0.29) is 18.3 Å². The van der Waals surface area contributed by atoms with Crippen molar-refractivity contribution in [1.29, 1.82) is 0 Å². The summed E-state index contributed by atoms with van der Waals surface area (Å²) < 4.78 is 0. The van der Waals surface area contributed by atoms with Gasteiger partial charge >= 0.3 is 0 Å². The summed E-state index contributed by atoms with van der Waals surface area (Å²) in [6.45, 7) is 2.22. The highest BCUT2D eigenvalue weighted by Crippen LogP contribution is 2.26. The van der Waals surface area contributed by atoms with Gasteiger partial charge in [0.15, 0.2) is 5.78 Å². The quantitative estimate of drug-likeness (QED) is 0.694. The van der Waals surface area contributed by atoms with Gasteiger partial charge in [0.25, 0.3) is 0 Å². The summed E-state index contributed by atoms with van der Waals surface area (Å²) in [7, 11) is 0. The lowest BCUT2D eigenvalue weighted by molar-refractivity contribution is -0.119. The molecule has 0 heterocycles. The molecule has 0 amide bonds. The van der Waals surface area contributed by atoms with E-state index in [2.05, 4.69) is 0 Å². The van der Waals surface area contributed by atoms with Gasteiger partial charge in [-0.25, -0.2) is 0 Å².